The molecule has 0 aromatic carbocycles. The van der Waals surface area contributed by atoms with Crippen molar-refractivity contribution in [3.8, 4) is 0 Å². The van der Waals surface area contributed by atoms with Gasteiger partial charge in [0, 0.05) is 26.6 Å². The highest BCUT2D eigenvalue weighted by Gasteiger charge is 2.21. The normalized spacial score (nSPS) is 14.7. The fourth-order valence-corrected chi connectivity index (χ4v) is 1.17. The van der Waals surface area contributed by atoms with Crippen molar-refractivity contribution in [1.29, 1.82) is 0 Å². The molecule has 15 heavy (non-hydrogen) atoms. The second-order valence-electron chi connectivity index (χ2n) is 3.85. The molecule has 0 saturated heterocycles. The molecule has 1 fully saturated rings. The van der Waals surface area contributed by atoms with Crippen molar-refractivity contribution in [1.82, 2.24) is 16.0 Å². The van der Waals surface area contributed by atoms with E-state index in [0.29, 0.717) is 25.4 Å². The Morgan fingerprint density at radius 3 is 2.60 bits per heavy atom. The van der Waals surface area contributed by atoms with Gasteiger partial charge < -0.3 is 16.0 Å². The van der Waals surface area contributed by atoms with Crippen molar-refractivity contribution in [3.05, 3.63) is 0 Å². The van der Waals surface area contributed by atoms with E-state index in [9.17, 15) is 9.59 Å². The first-order valence-electron chi connectivity index (χ1n) is 5.40. The average Bonchev–Trinajstić information content (AvgIpc) is 3.04. The lowest BCUT2D eigenvalue weighted by Crippen LogP contribution is -2.36. The van der Waals surface area contributed by atoms with Crippen LogP contribution in [0.4, 0.5) is 0 Å². The molecule has 0 atom stereocenters. The van der Waals surface area contributed by atoms with Gasteiger partial charge in [-0.2, -0.15) is 0 Å². The topological polar surface area (TPSA) is 70.2 Å². The van der Waals surface area contributed by atoms with Crippen LogP contribution in [-0.2, 0) is 9.59 Å². The summed E-state index contributed by atoms with van der Waals surface area (Å²) in [6, 6.07) is 0. The van der Waals surface area contributed by atoms with Gasteiger partial charge in [0.1, 0.15) is 0 Å². The zero-order valence-electron chi connectivity index (χ0n) is 9.14. The van der Waals surface area contributed by atoms with E-state index in [2.05, 4.69) is 16.0 Å². The molecule has 0 aromatic rings. The van der Waals surface area contributed by atoms with Gasteiger partial charge in [0.15, 0.2) is 0 Å². The van der Waals surface area contributed by atoms with Crippen LogP contribution in [0.15, 0.2) is 0 Å². The highest BCUT2D eigenvalue weighted by Crippen LogP contribution is 2.27. The van der Waals surface area contributed by atoms with Crippen molar-refractivity contribution in [2.75, 3.05) is 26.7 Å². The Bertz CT molecular complexity index is 227. The molecule has 0 bridgehead atoms. The Kier molecular flexibility index (Phi) is 5.10. The maximum absolute atomic E-state index is 11.2. The highest BCUT2D eigenvalue weighted by atomic mass is 16.2. The van der Waals surface area contributed by atoms with Gasteiger partial charge in [-0.25, -0.2) is 0 Å². The molecule has 3 N–H and O–H groups in total. The largest absolute Gasteiger partial charge is 0.359 e. The standard InChI is InChI=1S/C10H19N3O2/c1-11-9(14)4-5-12-7-10(15)13-6-8-2-3-8/h8,12H,2-7H2,1H3,(H,11,14)(H,13,15). The SMILES string of the molecule is CNC(=O)CCNCC(=O)NCC1CC1. The fourth-order valence-electron chi connectivity index (χ4n) is 1.17. The number of carbonyl (C=O) groups is 2. The Hall–Kier alpha value is -1.10. The summed E-state index contributed by atoms with van der Waals surface area (Å²) < 4.78 is 0. The minimum atomic E-state index is -0.0131. The molecule has 1 aliphatic carbocycles. The van der Waals surface area contributed by atoms with Gasteiger partial charge in [-0.1, -0.05) is 0 Å². The van der Waals surface area contributed by atoms with Crippen LogP contribution >= 0.6 is 0 Å². The first-order valence-corrected chi connectivity index (χ1v) is 5.40. The van der Waals surface area contributed by atoms with Crippen LogP contribution in [-0.4, -0.2) is 38.5 Å². The first kappa shape index (κ1) is 12.0. The first-order chi connectivity index (χ1) is 7.22. The quantitative estimate of drug-likeness (QED) is 0.487. The molecule has 5 heteroatoms. The second-order valence-corrected chi connectivity index (χ2v) is 3.85. The van der Waals surface area contributed by atoms with Crippen molar-refractivity contribution in [2.24, 2.45) is 5.92 Å². The molecule has 0 heterocycles. The minimum absolute atomic E-state index is 0.0128. The van der Waals surface area contributed by atoms with Crippen LogP contribution in [0.3, 0.4) is 0 Å². The molecule has 0 unspecified atom stereocenters. The average molecular weight is 213 g/mol. The lowest BCUT2D eigenvalue weighted by atomic mass is 10.4. The van der Waals surface area contributed by atoms with Crippen LogP contribution in [0.1, 0.15) is 19.3 Å². The van der Waals surface area contributed by atoms with E-state index in [4.69, 9.17) is 0 Å². The molecular weight excluding hydrogens is 194 g/mol. The van der Waals surface area contributed by atoms with Gasteiger partial charge >= 0.3 is 0 Å². The maximum Gasteiger partial charge on any atom is 0.233 e. The Morgan fingerprint density at radius 1 is 1.27 bits per heavy atom. The molecule has 0 aliphatic heterocycles. The van der Waals surface area contributed by atoms with Crippen LogP contribution in [0, 0.1) is 5.92 Å². The predicted molar refractivity (Wildman–Crippen MR) is 57.3 cm³/mol. The number of rotatable bonds is 7. The molecule has 1 saturated carbocycles. The van der Waals surface area contributed by atoms with E-state index in [1.807, 2.05) is 0 Å². The third-order valence-electron chi connectivity index (χ3n) is 2.38. The van der Waals surface area contributed by atoms with Crippen molar-refractivity contribution in [2.45, 2.75) is 19.3 Å². The molecule has 1 rings (SSSR count). The zero-order valence-corrected chi connectivity index (χ0v) is 9.14. The van der Waals surface area contributed by atoms with Crippen molar-refractivity contribution >= 4 is 11.8 Å². The second kappa shape index (κ2) is 6.40. The Balaban J connectivity index is 1.89. The molecule has 5 nitrogen and oxygen atoms in total. The van der Waals surface area contributed by atoms with E-state index in [1.165, 1.54) is 12.8 Å². The van der Waals surface area contributed by atoms with E-state index in [1.54, 1.807) is 7.05 Å². The number of nitrogens with one attached hydrogen (secondary N) is 3. The van der Waals surface area contributed by atoms with Gasteiger partial charge in [-0.05, 0) is 18.8 Å². The summed E-state index contributed by atoms with van der Waals surface area (Å²) in [7, 11) is 1.60. The summed E-state index contributed by atoms with van der Waals surface area (Å²) >= 11 is 0. The Labute approximate surface area is 90.0 Å². The summed E-state index contributed by atoms with van der Waals surface area (Å²) in [5.41, 5.74) is 0. The number of hydrogen-bond donors (Lipinski definition) is 3. The number of amides is 2. The van der Waals surface area contributed by atoms with E-state index >= 15 is 0 Å². The van der Waals surface area contributed by atoms with Gasteiger partial charge in [-0.15, -0.1) is 0 Å². The summed E-state index contributed by atoms with van der Waals surface area (Å²) in [6.45, 7) is 1.64. The Morgan fingerprint density at radius 2 is 2.00 bits per heavy atom. The highest BCUT2D eigenvalue weighted by molar-refractivity contribution is 5.78. The van der Waals surface area contributed by atoms with Crippen LogP contribution in [0.5, 0.6) is 0 Å². The van der Waals surface area contributed by atoms with Crippen LogP contribution in [0.2, 0.25) is 0 Å². The minimum Gasteiger partial charge on any atom is -0.359 e. The van der Waals surface area contributed by atoms with Gasteiger partial charge in [0.2, 0.25) is 11.8 Å². The molecule has 1 aliphatic rings. The van der Waals surface area contributed by atoms with Gasteiger partial charge in [-0.3, -0.25) is 9.59 Å². The van der Waals surface area contributed by atoms with E-state index < -0.39 is 0 Å². The lowest BCUT2D eigenvalue weighted by Gasteiger charge is -2.05. The molecular formula is C10H19N3O2. The lowest BCUT2D eigenvalue weighted by molar-refractivity contribution is -0.122. The van der Waals surface area contributed by atoms with Crippen molar-refractivity contribution in [3.63, 3.8) is 0 Å². The van der Waals surface area contributed by atoms with E-state index in [0.717, 1.165) is 6.54 Å². The zero-order chi connectivity index (χ0) is 11.1. The summed E-state index contributed by atoms with van der Waals surface area (Å²) in [4.78, 5) is 22.0. The smallest absolute Gasteiger partial charge is 0.233 e. The molecule has 0 spiro atoms. The van der Waals surface area contributed by atoms with Crippen LogP contribution < -0.4 is 16.0 Å². The van der Waals surface area contributed by atoms with Crippen molar-refractivity contribution < 1.29 is 9.59 Å². The molecule has 2 amide bonds. The summed E-state index contributed by atoms with van der Waals surface area (Å²) in [6.07, 6.45) is 2.89. The van der Waals surface area contributed by atoms with Crippen LogP contribution in [0.25, 0.3) is 0 Å². The van der Waals surface area contributed by atoms with Gasteiger partial charge in [0.05, 0.1) is 6.54 Å². The third-order valence-corrected chi connectivity index (χ3v) is 2.38. The number of hydrogen-bond acceptors (Lipinski definition) is 3. The summed E-state index contributed by atoms with van der Waals surface area (Å²) in [5.74, 6) is 0.708. The monoisotopic (exact) mass is 213 g/mol. The number of carbonyl (C=O) groups excluding carboxylic acids is 2. The summed E-state index contributed by atoms with van der Waals surface area (Å²) in [5, 5.41) is 8.29. The molecule has 0 aromatic heterocycles. The van der Waals surface area contributed by atoms with Gasteiger partial charge in [0.25, 0.3) is 0 Å². The van der Waals surface area contributed by atoms with E-state index in [-0.39, 0.29) is 11.8 Å². The third kappa shape index (κ3) is 6.06. The maximum atomic E-state index is 11.2. The fraction of sp³-hybridized carbons (Fsp3) is 0.800. The molecule has 0 radical (unpaired) electrons. The predicted octanol–water partition coefficient (Wildman–Crippen LogP) is -0.762. The molecule has 86 valence electrons.